The minimum atomic E-state index is -0.471. The van der Waals surface area contributed by atoms with Gasteiger partial charge in [-0.25, -0.2) is 0 Å². The van der Waals surface area contributed by atoms with E-state index in [2.05, 4.69) is 20.9 Å². The van der Waals surface area contributed by atoms with Crippen molar-refractivity contribution in [1.29, 1.82) is 0 Å². The van der Waals surface area contributed by atoms with Crippen molar-refractivity contribution in [3.8, 4) is 0 Å². The number of nitrogens with zero attached hydrogens (tertiary/aromatic N) is 1. The van der Waals surface area contributed by atoms with Gasteiger partial charge in [0.25, 0.3) is 5.91 Å². The molecule has 0 aromatic rings. The van der Waals surface area contributed by atoms with Crippen LogP contribution < -0.4 is 16.0 Å². The van der Waals surface area contributed by atoms with Crippen LogP contribution in [0.25, 0.3) is 0 Å². The number of quaternary nitrogens is 1. The first-order valence-corrected chi connectivity index (χ1v) is 17.0. The van der Waals surface area contributed by atoms with Gasteiger partial charge in [-0.15, -0.1) is 11.8 Å². The molecule has 224 valence electrons. The minimum absolute atomic E-state index is 0.00765. The van der Waals surface area contributed by atoms with Gasteiger partial charge in [-0.3, -0.25) is 14.9 Å². The highest BCUT2D eigenvalue weighted by atomic mass is 32.2. The maximum absolute atomic E-state index is 14.2. The molecule has 7 aliphatic rings. The predicted octanol–water partition coefficient (Wildman–Crippen LogP) is 1.21. The largest absolute Gasteiger partial charge is 0.379 e. The van der Waals surface area contributed by atoms with E-state index in [0.717, 1.165) is 45.1 Å². The summed E-state index contributed by atoms with van der Waals surface area (Å²) >= 11 is 1.88. The number of ether oxygens (including phenoxy) is 3. The molecular weight excluding hydrogens is 528 g/mol. The van der Waals surface area contributed by atoms with Crippen LogP contribution in [0, 0.1) is 23.7 Å². The number of nitrogens with one attached hydrogen (secondary N) is 2. The van der Waals surface area contributed by atoms with Crippen molar-refractivity contribution >= 4 is 23.6 Å². The van der Waals surface area contributed by atoms with Crippen molar-refractivity contribution < 1.29 is 29.1 Å². The first-order chi connectivity index (χ1) is 19.5. The van der Waals surface area contributed by atoms with E-state index in [1.54, 1.807) is 14.2 Å². The van der Waals surface area contributed by atoms with Crippen LogP contribution in [0.1, 0.15) is 71.1 Å². The summed E-state index contributed by atoms with van der Waals surface area (Å²) < 4.78 is 18.2. The zero-order valence-corrected chi connectivity index (χ0v) is 25.2. The van der Waals surface area contributed by atoms with E-state index in [9.17, 15) is 9.59 Å². The molecule has 9 nitrogen and oxygen atoms in total. The molecule has 14 atom stereocenters. The molecule has 2 amide bonds. The van der Waals surface area contributed by atoms with Crippen molar-refractivity contribution in [2.75, 3.05) is 20.8 Å². The van der Waals surface area contributed by atoms with Crippen LogP contribution in [0.2, 0.25) is 0 Å². The molecule has 4 heterocycles. The molecule has 4 aliphatic heterocycles. The Morgan fingerprint density at radius 1 is 1.05 bits per heavy atom. The summed E-state index contributed by atoms with van der Waals surface area (Å²) in [5.41, 5.74) is -0.00765. The van der Waals surface area contributed by atoms with Gasteiger partial charge in [0.15, 0.2) is 0 Å². The number of hydrogen-bond acceptors (Lipinski definition) is 7. The van der Waals surface area contributed by atoms with Crippen LogP contribution in [0.15, 0.2) is 0 Å². The van der Waals surface area contributed by atoms with Gasteiger partial charge in [0, 0.05) is 43.9 Å². The number of carbonyl (C=O) groups is 2. The average Bonchev–Trinajstić information content (AvgIpc) is 3.53. The van der Waals surface area contributed by atoms with Crippen LogP contribution in [0.4, 0.5) is 0 Å². The molecule has 13 unspecified atom stereocenters. The molecule has 0 aromatic carbocycles. The number of amides is 2. The number of fused-ring (bicyclic) bond motifs is 6. The van der Waals surface area contributed by atoms with Gasteiger partial charge in [-0.05, 0) is 63.7 Å². The third-order valence-corrected chi connectivity index (χ3v) is 13.2. The van der Waals surface area contributed by atoms with Gasteiger partial charge in [-0.1, -0.05) is 12.8 Å². The smallest absolute Gasteiger partial charge is 0.250 e. The summed E-state index contributed by atoms with van der Waals surface area (Å²) in [5.74, 6) is 1.52. The highest BCUT2D eigenvalue weighted by Gasteiger charge is 2.66. The van der Waals surface area contributed by atoms with Gasteiger partial charge in [0.05, 0.1) is 36.8 Å². The molecule has 4 N–H and O–H groups in total. The molecule has 7 rings (SSSR count). The number of nitrogens with two attached hydrogens (primary N) is 1. The van der Waals surface area contributed by atoms with E-state index in [4.69, 9.17) is 14.2 Å². The molecule has 3 saturated carbocycles. The van der Waals surface area contributed by atoms with Crippen molar-refractivity contribution in [3.05, 3.63) is 0 Å². The Morgan fingerprint density at radius 3 is 2.70 bits per heavy atom. The summed E-state index contributed by atoms with van der Waals surface area (Å²) in [4.78, 5) is 29.7. The quantitative estimate of drug-likeness (QED) is 0.436. The average molecular weight is 578 g/mol. The molecule has 4 saturated heterocycles. The Bertz CT molecular complexity index is 958. The van der Waals surface area contributed by atoms with Gasteiger partial charge in [-0.2, -0.15) is 0 Å². The molecule has 40 heavy (non-hydrogen) atoms. The highest BCUT2D eigenvalue weighted by Crippen LogP contribution is 2.53. The fourth-order valence-electron chi connectivity index (χ4n) is 10.2. The lowest BCUT2D eigenvalue weighted by molar-refractivity contribution is -0.713. The van der Waals surface area contributed by atoms with Crippen LogP contribution in [-0.4, -0.2) is 96.8 Å². The number of piperidine rings is 2. The lowest BCUT2D eigenvalue weighted by Gasteiger charge is -2.53. The molecule has 3 aliphatic carbocycles. The van der Waals surface area contributed by atoms with Gasteiger partial charge < -0.3 is 29.7 Å². The molecule has 0 aromatic heterocycles. The van der Waals surface area contributed by atoms with E-state index >= 15 is 0 Å². The minimum Gasteiger partial charge on any atom is -0.379 e. The molecular formula is C30H49N4O5S+. The van der Waals surface area contributed by atoms with E-state index in [-0.39, 0.29) is 41.7 Å². The first kappa shape index (κ1) is 27.9. The van der Waals surface area contributed by atoms with Gasteiger partial charge in [0.2, 0.25) is 5.91 Å². The van der Waals surface area contributed by atoms with Crippen LogP contribution in [0.5, 0.6) is 0 Å². The second-order valence-corrected chi connectivity index (χ2v) is 14.9. The topological polar surface area (TPSA) is 106 Å². The fourth-order valence-corrected chi connectivity index (χ4v) is 11.7. The van der Waals surface area contributed by atoms with Crippen LogP contribution in [-0.2, 0) is 23.8 Å². The first-order valence-electron chi connectivity index (χ1n) is 16.1. The van der Waals surface area contributed by atoms with Crippen molar-refractivity contribution in [1.82, 2.24) is 15.5 Å². The van der Waals surface area contributed by atoms with E-state index < -0.39 is 6.10 Å². The van der Waals surface area contributed by atoms with Crippen LogP contribution in [0.3, 0.4) is 0 Å². The Kier molecular flexibility index (Phi) is 7.88. The SMILES string of the molecule is COC1CCC2C3[NH2+]CCC4C5CC(O[C@H](C)C(=O)NC6NC7CCCCC7S6)CCC5N(C(=O)C2C1OC)C43. The molecule has 10 heteroatoms. The normalized spacial score (nSPS) is 48.5. The highest BCUT2D eigenvalue weighted by molar-refractivity contribution is 8.00. The zero-order chi connectivity index (χ0) is 27.5. The van der Waals surface area contributed by atoms with Crippen molar-refractivity contribution in [3.63, 3.8) is 0 Å². The molecule has 0 radical (unpaired) electrons. The number of thioether (sulfide) groups is 1. The van der Waals surface area contributed by atoms with Crippen LogP contribution >= 0.6 is 11.8 Å². The number of hydrogen-bond donors (Lipinski definition) is 3. The second kappa shape index (κ2) is 11.3. The summed E-state index contributed by atoms with van der Waals surface area (Å²) in [7, 11) is 3.49. The predicted molar refractivity (Wildman–Crippen MR) is 151 cm³/mol. The van der Waals surface area contributed by atoms with Gasteiger partial charge in [0.1, 0.15) is 17.6 Å². The maximum Gasteiger partial charge on any atom is 0.250 e. The lowest BCUT2D eigenvalue weighted by atomic mass is 9.64. The van der Waals surface area contributed by atoms with E-state index in [1.165, 1.54) is 25.7 Å². The standard InChI is InChI=1S/C30H48N4O5S/c1-15(28(35)33-30-32-20-6-4-5-7-23(20)40-30)39-16-8-10-21-19(14-16)17-12-13-31-25-18-9-11-22(37-2)27(38-3)24(18)29(36)34(21)26(17)25/h15-27,30-32H,4-14H2,1-3H3,(H,33,35)/p+1/t15-,16?,17?,18?,19?,20?,21?,22?,23?,24?,25?,26?,27?,30?/m1/s1. The molecule has 7 fully saturated rings. The van der Waals surface area contributed by atoms with Crippen molar-refractivity contribution in [2.45, 2.75) is 130 Å². The second-order valence-electron chi connectivity index (χ2n) is 13.6. The summed E-state index contributed by atoms with van der Waals surface area (Å²) in [6.45, 7) is 3.03. The number of rotatable bonds is 6. The number of carbonyl (C=O) groups excluding carboxylic acids is 2. The summed E-state index contributed by atoms with van der Waals surface area (Å²) in [6, 6.07) is 1.58. The monoisotopic (exact) mass is 577 g/mol. The maximum atomic E-state index is 14.2. The Morgan fingerprint density at radius 2 is 1.90 bits per heavy atom. The van der Waals surface area contributed by atoms with E-state index in [0.29, 0.717) is 47.0 Å². The lowest BCUT2D eigenvalue weighted by Crippen LogP contribution is -2.99. The molecule has 0 bridgehead atoms. The Balaban J connectivity index is 1.01. The molecule has 0 spiro atoms. The Labute approximate surface area is 242 Å². The Hall–Kier alpha value is -0.910. The third-order valence-electron chi connectivity index (χ3n) is 11.8. The van der Waals surface area contributed by atoms with Crippen molar-refractivity contribution in [2.24, 2.45) is 23.7 Å². The fraction of sp³-hybridized carbons (Fsp3) is 0.933. The summed E-state index contributed by atoms with van der Waals surface area (Å²) in [6.07, 6.45) is 10.4. The summed E-state index contributed by atoms with van der Waals surface area (Å²) in [5, 5.41) is 9.99. The number of methoxy groups -OCH3 is 2. The zero-order valence-electron chi connectivity index (χ0n) is 24.3. The van der Waals surface area contributed by atoms with E-state index in [1.807, 2.05) is 18.7 Å². The third kappa shape index (κ3) is 4.64. The van der Waals surface area contributed by atoms with Gasteiger partial charge >= 0.3 is 0 Å².